The van der Waals surface area contributed by atoms with Gasteiger partial charge in [-0.25, -0.2) is 4.79 Å². The molecule has 0 saturated carbocycles. The predicted octanol–water partition coefficient (Wildman–Crippen LogP) is 3.82. The number of likely N-dealkylation sites (tertiary alicyclic amines) is 1. The number of unbranched alkanes of at least 4 members (excludes halogenated alkanes) is 3. The molecule has 2 rings (SSSR count). The summed E-state index contributed by atoms with van der Waals surface area (Å²) < 4.78 is 36.0. The number of carbonyl (C=O) groups excluding carboxylic acids is 3. The van der Waals surface area contributed by atoms with Crippen molar-refractivity contribution in [2.75, 3.05) is 44.4 Å². The van der Waals surface area contributed by atoms with Crippen molar-refractivity contribution in [3.63, 3.8) is 0 Å². The molecule has 1 fully saturated rings. The normalized spacial score (nSPS) is 13.9. The maximum absolute atomic E-state index is 12.4. The Morgan fingerprint density at radius 2 is 1.68 bits per heavy atom. The zero-order valence-corrected chi connectivity index (χ0v) is 24.6. The van der Waals surface area contributed by atoms with Crippen LogP contribution >= 0.6 is 0 Å². The molecule has 0 spiro atoms. The average Bonchev–Trinajstić information content (AvgIpc) is 2.88. The molecule has 0 radical (unpaired) electrons. The molecule has 1 saturated heterocycles. The second-order valence-corrected chi connectivity index (χ2v) is 11.1. The van der Waals surface area contributed by atoms with Crippen molar-refractivity contribution < 1.29 is 36.8 Å². The van der Waals surface area contributed by atoms with Crippen molar-refractivity contribution in [2.45, 2.75) is 65.2 Å². The van der Waals surface area contributed by atoms with E-state index >= 15 is 0 Å². The number of esters is 1. The average molecular weight is 585 g/mol. The number of anilines is 1. The largest absolute Gasteiger partial charge is 0.465 e. The summed E-state index contributed by atoms with van der Waals surface area (Å²) in [6.45, 7) is 6.70. The number of hydrogen-bond acceptors (Lipinski definition) is 9. The predicted molar refractivity (Wildman–Crippen MR) is 153 cm³/mol. The number of benzene rings is 1. The minimum Gasteiger partial charge on any atom is -0.465 e. The molecule has 0 aliphatic carbocycles. The van der Waals surface area contributed by atoms with E-state index in [1.165, 1.54) is 0 Å². The molecule has 0 bridgehead atoms. The first-order valence-corrected chi connectivity index (χ1v) is 15.5. The van der Waals surface area contributed by atoms with Gasteiger partial charge in [-0.1, -0.05) is 26.2 Å². The van der Waals surface area contributed by atoms with E-state index in [4.69, 9.17) is 19.4 Å². The summed E-state index contributed by atoms with van der Waals surface area (Å²) in [6, 6.07) is 6.79. The third kappa shape index (κ3) is 17.5. The molecular weight excluding hydrogens is 540 g/mol. The van der Waals surface area contributed by atoms with Crippen LogP contribution in [0.4, 0.5) is 10.5 Å². The van der Waals surface area contributed by atoms with Gasteiger partial charge < -0.3 is 14.8 Å². The van der Waals surface area contributed by atoms with Gasteiger partial charge in [-0.3, -0.25) is 29.8 Å². The Morgan fingerprint density at radius 1 is 1.05 bits per heavy atom. The van der Waals surface area contributed by atoms with Crippen molar-refractivity contribution in [1.29, 1.82) is 5.41 Å². The Balaban J connectivity index is 0.00000146. The molecule has 12 nitrogen and oxygen atoms in total. The summed E-state index contributed by atoms with van der Waals surface area (Å²) in [6.07, 6.45) is 7.34. The van der Waals surface area contributed by atoms with Crippen molar-refractivity contribution >= 4 is 39.6 Å². The number of nitrogens with one attached hydrogen (secondary N) is 3. The van der Waals surface area contributed by atoms with Crippen molar-refractivity contribution in [3.05, 3.63) is 29.8 Å². The number of amidine groups is 1. The van der Waals surface area contributed by atoms with Crippen LogP contribution in [0.3, 0.4) is 0 Å². The van der Waals surface area contributed by atoms with Crippen molar-refractivity contribution in [2.24, 2.45) is 5.92 Å². The lowest BCUT2D eigenvalue weighted by Gasteiger charge is -2.31. The molecule has 1 aromatic rings. The highest BCUT2D eigenvalue weighted by Crippen LogP contribution is 2.22. The van der Waals surface area contributed by atoms with Gasteiger partial charge in [0.1, 0.15) is 5.84 Å². The van der Waals surface area contributed by atoms with Crippen LogP contribution in [0.1, 0.15) is 70.8 Å². The van der Waals surface area contributed by atoms with Gasteiger partial charge in [-0.05, 0) is 75.9 Å². The topological polar surface area (TPSA) is 175 Å². The van der Waals surface area contributed by atoms with Gasteiger partial charge in [0.25, 0.3) is 10.1 Å². The number of amides is 2. The van der Waals surface area contributed by atoms with E-state index in [1.807, 2.05) is 6.92 Å². The maximum Gasteiger partial charge on any atom is 0.412 e. The van der Waals surface area contributed by atoms with Gasteiger partial charge in [0.05, 0.1) is 26.0 Å². The molecule has 1 aliphatic heterocycles. The first kappa shape index (κ1) is 35.0. The summed E-state index contributed by atoms with van der Waals surface area (Å²) in [5.41, 5.74) is 1.18. The molecule has 40 heavy (non-hydrogen) atoms. The molecule has 4 N–H and O–H groups in total. The number of hydrogen-bond donors (Lipinski definition) is 4. The maximum atomic E-state index is 12.4. The van der Waals surface area contributed by atoms with Crippen LogP contribution in [0.2, 0.25) is 0 Å². The second-order valence-electron chi connectivity index (χ2n) is 9.62. The summed E-state index contributed by atoms with van der Waals surface area (Å²) in [4.78, 5) is 37.9. The standard InChI is InChI=1S/C26H40N4O5.CH4O3S/c1-3-5-6-7-18-35-26(33)29-25(27)21-9-11-22(12-10-21)28-23(31)13-8-20-14-16-30(17-15-20)19-24(32)34-4-2;1-5(2,3)4/h9-12,20H,3-8,13-19H2,1-2H3,(H,28,31)(H2,27,29,33);1H3,(H,2,3,4). The highest BCUT2D eigenvalue weighted by atomic mass is 32.2. The number of alkyl carbamates (subject to hydrolysis) is 1. The Morgan fingerprint density at radius 3 is 2.25 bits per heavy atom. The third-order valence-electron chi connectivity index (χ3n) is 6.06. The fourth-order valence-corrected chi connectivity index (χ4v) is 4.01. The van der Waals surface area contributed by atoms with Crippen LogP contribution in [-0.4, -0.2) is 80.8 Å². The third-order valence-corrected chi connectivity index (χ3v) is 6.06. The van der Waals surface area contributed by atoms with Crippen molar-refractivity contribution in [1.82, 2.24) is 10.2 Å². The van der Waals surface area contributed by atoms with E-state index < -0.39 is 16.2 Å². The lowest BCUT2D eigenvalue weighted by molar-refractivity contribution is -0.144. The minimum absolute atomic E-state index is 0.0456. The molecule has 0 atom stereocenters. The number of nitrogens with zero attached hydrogens (tertiary/aromatic N) is 1. The van der Waals surface area contributed by atoms with Crippen molar-refractivity contribution in [3.8, 4) is 0 Å². The van der Waals surface area contributed by atoms with E-state index in [1.54, 1.807) is 24.3 Å². The van der Waals surface area contributed by atoms with Gasteiger partial charge in [0, 0.05) is 17.7 Å². The Kier molecular flexibility index (Phi) is 16.7. The smallest absolute Gasteiger partial charge is 0.412 e. The highest BCUT2D eigenvalue weighted by molar-refractivity contribution is 7.85. The first-order chi connectivity index (χ1) is 18.9. The lowest BCUT2D eigenvalue weighted by atomic mass is 9.92. The lowest BCUT2D eigenvalue weighted by Crippen LogP contribution is -2.38. The Hall–Kier alpha value is -3.03. The molecular formula is C27H44N4O8S. The van der Waals surface area contributed by atoms with E-state index in [-0.39, 0.29) is 17.7 Å². The van der Waals surface area contributed by atoms with Crippen LogP contribution in [0, 0.1) is 11.3 Å². The molecule has 13 heteroatoms. The van der Waals surface area contributed by atoms with Gasteiger partial charge >= 0.3 is 12.1 Å². The minimum atomic E-state index is -3.67. The summed E-state index contributed by atoms with van der Waals surface area (Å²) in [5, 5.41) is 13.4. The molecule has 0 aromatic heterocycles. The van der Waals surface area contributed by atoms with Crippen LogP contribution < -0.4 is 10.6 Å². The number of carbonyl (C=O) groups is 3. The molecule has 1 heterocycles. The molecule has 1 aliphatic rings. The van der Waals surface area contributed by atoms with Crippen LogP contribution in [0.15, 0.2) is 24.3 Å². The zero-order chi connectivity index (χ0) is 30.0. The molecule has 0 unspecified atom stereocenters. The van der Waals surface area contributed by atoms with Gasteiger partial charge in [-0.2, -0.15) is 8.42 Å². The van der Waals surface area contributed by atoms with Gasteiger partial charge in [-0.15, -0.1) is 0 Å². The van der Waals surface area contributed by atoms with Crippen LogP contribution in [0.25, 0.3) is 0 Å². The van der Waals surface area contributed by atoms with E-state index in [2.05, 4.69) is 22.5 Å². The zero-order valence-electron chi connectivity index (χ0n) is 23.7. The van der Waals surface area contributed by atoms with Crippen LogP contribution in [0.5, 0.6) is 0 Å². The fourth-order valence-electron chi connectivity index (χ4n) is 4.01. The highest BCUT2D eigenvalue weighted by Gasteiger charge is 2.21. The summed E-state index contributed by atoms with van der Waals surface area (Å²) >= 11 is 0. The second kappa shape index (κ2) is 19.1. The summed E-state index contributed by atoms with van der Waals surface area (Å²) in [7, 11) is -3.67. The molecule has 2 amide bonds. The fraction of sp³-hybridized carbons (Fsp3) is 0.630. The molecule has 1 aromatic carbocycles. The van der Waals surface area contributed by atoms with E-state index in [0.717, 1.165) is 58.0 Å². The van der Waals surface area contributed by atoms with Gasteiger partial charge in [0.15, 0.2) is 0 Å². The van der Waals surface area contributed by atoms with E-state index in [0.29, 0.717) is 49.6 Å². The first-order valence-electron chi connectivity index (χ1n) is 13.6. The Bertz CT molecular complexity index is 1030. The molecule has 226 valence electrons. The number of piperidine rings is 1. The SMILES string of the molecule is CCCCCCOC(=O)NC(=N)c1ccc(NC(=O)CCC2CCN(CC(=O)OCC)CC2)cc1.CS(=O)(=O)O. The number of rotatable bonds is 13. The van der Waals surface area contributed by atoms with E-state index in [9.17, 15) is 22.8 Å². The number of ether oxygens (including phenoxy) is 2. The quantitative estimate of drug-likeness (QED) is 0.0883. The summed E-state index contributed by atoms with van der Waals surface area (Å²) in [5.74, 6) is 0.196. The monoisotopic (exact) mass is 584 g/mol. The van der Waals surface area contributed by atoms with Crippen LogP contribution in [-0.2, 0) is 29.2 Å². The Labute approximate surface area is 237 Å². The van der Waals surface area contributed by atoms with Gasteiger partial charge in [0.2, 0.25) is 5.91 Å².